The first kappa shape index (κ1) is 18.2. The minimum absolute atomic E-state index is 0.0183. The molecular weight excluding hydrogens is 302 g/mol. The zero-order valence-electron chi connectivity index (χ0n) is 14.8. The Kier molecular flexibility index (Phi) is 6.53. The molecular formula is C19H27N3O2. The number of rotatable bonds is 8. The first-order valence-electron chi connectivity index (χ1n) is 8.77. The zero-order chi connectivity index (χ0) is 17.5. The highest BCUT2D eigenvalue weighted by Gasteiger charge is 2.10. The van der Waals surface area contributed by atoms with Crippen LogP contribution in [-0.4, -0.2) is 21.5 Å². The summed E-state index contributed by atoms with van der Waals surface area (Å²) in [6.45, 7) is 6.48. The molecule has 1 heterocycles. The van der Waals surface area contributed by atoms with Crippen LogP contribution in [0.4, 0.5) is 0 Å². The van der Waals surface area contributed by atoms with Crippen LogP contribution in [0.15, 0.2) is 29.3 Å². The predicted molar refractivity (Wildman–Crippen MR) is 97.1 cm³/mol. The van der Waals surface area contributed by atoms with Crippen LogP contribution in [0.25, 0.3) is 10.9 Å². The van der Waals surface area contributed by atoms with Gasteiger partial charge in [0.25, 0.3) is 5.56 Å². The Morgan fingerprint density at radius 2 is 2.12 bits per heavy atom. The molecule has 0 fully saturated rings. The number of unbranched alkanes of at least 4 members (excludes halogenated alkanes) is 2. The first-order valence-corrected chi connectivity index (χ1v) is 8.77. The second-order valence-corrected chi connectivity index (χ2v) is 6.43. The highest BCUT2D eigenvalue weighted by molar-refractivity contribution is 5.80. The number of amides is 1. The number of carbonyl (C=O) groups excluding carboxylic acids is 1. The Bertz CT molecular complexity index is 752. The SMILES string of the molecule is CCCCCC(C)NC(=O)CCn1cnc2c(C)cccc2c1=O. The molecule has 2 aromatic rings. The Labute approximate surface area is 143 Å². The van der Waals surface area contributed by atoms with Gasteiger partial charge in [0, 0.05) is 19.0 Å². The fourth-order valence-electron chi connectivity index (χ4n) is 2.84. The normalized spacial score (nSPS) is 12.3. The summed E-state index contributed by atoms with van der Waals surface area (Å²) in [6.07, 6.45) is 6.32. The van der Waals surface area contributed by atoms with Crippen LogP contribution in [0.5, 0.6) is 0 Å². The van der Waals surface area contributed by atoms with Crippen LogP contribution in [0, 0.1) is 6.92 Å². The van der Waals surface area contributed by atoms with E-state index >= 15 is 0 Å². The fourth-order valence-corrected chi connectivity index (χ4v) is 2.84. The monoisotopic (exact) mass is 329 g/mol. The third kappa shape index (κ3) is 4.66. The van der Waals surface area contributed by atoms with Crippen molar-refractivity contribution in [1.82, 2.24) is 14.9 Å². The number of nitrogens with zero attached hydrogens (tertiary/aromatic N) is 2. The summed E-state index contributed by atoms with van der Waals surface area (Å²) in [5.41, 5.74) is 1.62. The van der Waals surface area contributed by atoms with E-state index in [9.17, 15) is 9.59 Å². The minimum Gasteiger partial charge on any atom is -0.354 e. The van der Waals surface area contributed by atoms with Crippen LogP contribution < -0.4 is 10.9 Å². The molecule has 0 saturated carbocycles. The number of nitrogens with one attached hydrogen (secondary N) is 1. The summed E-state index contributed by atoms with van der Waals surface area (Å²) in [5, 5.41) is 3.60. The number of fused-ring (bicyclic) bond motifs is 1. The number of hydrogen-bond acceptors (Lipinski definition) is 3. The molecule has 1 unspecified atom stereocenters. The predicted octanol–water partition coefficient (Wildman–Crippen LogP) is 3.18. The van der Waals surface area contributed by atoms with Crippen molar-refractivity contribution in [2.24, 2.45) is 0 Å². The quantitative estimate of drug-likeness (QED) is 0.757. The van der Waals surface area contributed by atoms with Crippen molar-refractivity contribution in [3.8, 4) is 0 Å². The molecule has 1 amide bonds. The lowest BCUT2D eigenvalue weighted by molar-refractivity contribution is -0.121. The summed E-state index contributed by atoms with van der Waals surface area (Å²) < 4.78 is 1.52. The van der Waals surface area contributed by atoms with Crippen molar-refractivity contribution in [1.29, 1.82) is 0 Å². The maximum atomic E-state index is 12.5. The Morgan fingerprint density at radius 3 is 2.88 bits per heavy atom. The molecule has 0 spiro atoms. The van der Waals surface area contributed by atoms with Gasteiger partial charge in [-0.3, -0.25) is 14.2 Å². The molecule has 1 N–H and O–H groups in total. The maximum absolute atomic E-state index is 12.5. The van der Waals surface area contributed by atoms with Crippen LogP contribution in [0.2, 0.25) is 0 Å². The highest BCUT2D eigenvalue weighted by Crippen LogP contribution is 2.11. The van der Waals surface area contributed by atoms with Gasteiger partial charge in [0.2, 0.25) is 5.91 Å². The van der Waals surface area contributed by atoms with Crippen LogP contribution in [0.1, 0.15) is 51.5 Å². The third-order valence-electron chi connectivity index (χ3n) is 4.28. The average Bonchev–Trinajstić information content (AvgIpc) is 2.55. The summed E-state index contributed by atoms with van der Waals surface area (Å²) >= 11 is 0. The highest BCUT2D eigenvalue weighted by atomic mass is 16.2. The molecule has 0 saturated heterocycles. The van der Waals surface area contributed by atoms with Gasteiger partial charge in [-0.1, -0.05) is 38.3 Å². The number of aromatic nitrogens is 2. The van der Waals surface area contributed by atoms with Gasteiger partial charge < -0.3 is 5.32 Å². The van der Waals surface area contributed by atoms with E-state index in [0.717, 1.165) is 23.9 Å². The Balaban J connectivity index is 1.95. The van der Waals surface area contributed by atoms with Crippen LogP contribution in [-0.2, 0) is 11.3 Å². The molecule has 5 heteroatoms. The molecule has 0 radical (unpaired) electrons. The summed E-state index contributed by atoms with van der Waals surface area (Å²) in [6, 6.07) is 5.75. The van der Waals surface area contributed by atoms with E-state index in [4.69, 9.17) is 0 Å². The van der Waals surface area contributed by atoms with E-state index in [1.54, 1.807) is 6.07 Å². The lowest BCUT2D eigenvalue weighted by Gasteiger charge is -2.14. The molecule has 1 aromatic carbocycles. The van der Waals surface area contributed by atoms with Crippen molar-refractivity contribution >= 4 is 16.8 Å². The molecule has 1 aromatic heterocycles. The molecule has 1 atom stereocenters. The number of carbonyl (C=O) groups is 1. The standard InChI is InChI=1S/C19H27N3O2/c1-4-5-6-9-15(3)21-17(23)11-12-22-13-20-18-14(2)8-7-10-16(18)19(22)24/h7-8,10,13,15H,4-6,9,11-12H2,1-3H3,(H,21,23). The molecule has 24 heavy (non-hydrogen) atoms. The lowest BCUT2D eigenvalue weighted by atomic mass is 10.1. The second-order valence-electron chi connectivity index (χ2n) is 6.43. The van der Waals surface area contributed by atoms with E-state index in [0.29, 0.717) is 11.9 Å². The largest absolute Gasteiger partial charge is 0.354 e. The minimum atomic E-state index is -0.0903. The smallest absolute Gasteiger partial charge is 0.261 e. The Hall–Kier alpha value is -2.17. The molecule has 5 nitrogen and oxygen atoms in total. The maximum Gasteiger partial charge on any atom is 0.261 e. The van der Waals surface area contributed by atoms with Gasteiger partial charge in [-0.15, -0.1) is 0 Å². The molecule has 0 aliphatic rings. The van der Waals surface area contributed by atoms with Gasteiger partial charge in [0.05, 0.1) is 17.2 Å². The van der Waals surface area contributed by atoms with Crippen molar-refractivity contribution in [2.75, 3.05) is 0 Å². The molecule has 0 aliphatic heterocycles. The van der Waals surface area contributed by atoms with Gasteiger partial charge in [0.15, 0.2) is 0 Å². The zero-order valence-corrected chi connectivity index (χ0v) is 14.8. The van der Waals surface area contributed by atoms with E-state index < -0.39 is 0 Å². The summed E-state index contributed by atoms with van der Waals surface area (Å²) in [5.74, 6) is -0.0183. The molecule has 0 aliphatic carbocycles. The van der Waals surface area contributed by atoms with Crippen LogP contribution in [0.3, 0.4) is 0 Å². The third-order valence-corrected chi connectivity index (χ3v) is 4.28. The van der Waals surface area contributed by atoms with E-state index in [1.807, 2.05) is 26.0 Å². The Morgan fingerprint density at radius 1 is 1.33 bits per heavy atom. The van der Waals surface area contributed by atoms with Gasteiger partial charge in [0.1, 0.15) is 0 Å². The average molecular weight is 329 g/mol. The van der Waals surface area contributed by atoms with Crippen molar-refractivity contribution in [2.45, 2.75) is 65.5 Å². The van der Waals surface area contributed by atoms with E-state index in [1.165, 1.54) is 23.7 Å². The van der Waals surface area contributed by atoms with Crippen molar-refractivity contribution in [3.05, 3.63) is 40.4 Å². The molecule has 0 bridgehead atoms. The number of benzene rings is 1. The van der Waals surface area contributed by atoms with E-state index in [2.05, 4.69) is 17.2 Å². The number of hydrogen-bond donors (Lipinski definition) is 1. The second kappa shape index (κ2) is 8.62. The first-order chi connectivity index (χ1) is 11.5. The van der Waals surface area contributed by atoms with Gasteiger partial charge >= 0.3 is 0 Å². The number of aryl methyl sites for hydroxylation is 2. The van der Waals surface area contributed by atoms with Crippen molar-refractivity contribution in [3.63, 3.8) is 0 Å². The molecule has 130 valence electrons. The fraction of sp³-hybridized carbons (Fsp3) is 0.526. The summed E-state index contributed by atoms with van der Waals surface area (Å²) in [4.78, 5) is 28.9. The van der Waals surface area contributed by atoms with E-state index in [-0.39, 0.29) is 23.9 Å². The van der Waals surface area contributed by atoms with Gasteiger partial charge in [-0.05, 0) is 31.9 Å². The lowest BCUT2D eigenvalue weighted by Crippen LogP contribution is -2.34. The molecule has 2 rings (SSSR count). The van der Waals surface area contributed by atoms with Gasteiger partial charge in [-0.25, -0.2) is 4.98 Å². The summed E-state index contributed by atoms with van der Waals surface area (Å²) in [7, 11) is 0. The topological polar surface area (TPSA) is 64.0 Å². The van der Waals surface area contributed by atoms with Crippen molar-refractivity contribution < 1.29 is 4.79 Å². The van der Waals surface area contributed by atoms with Crippen LogP contribution >= 0.6 is 0 Å². The van der Waals surface area contributed by atoms with Gasteiger partial charge in [-0.2, -0.15) is 0 Å². The number of para-hydroxylation sites is 1.